The van der Waals surface area contributed by atoms with Crippen molar-refractivity contribution in [3.8, 4) is 45.9 Å². The topological polar surface area (TPSA) is 66.0 Å². The van der Waals surface area contributed by atoms with Gasteiger partial charge in [0.15, 0.2) is 0 Å². The minimum Gasteiger partial charge on any atom is -0.494 e. The van der Waals surface area contributed by atoms with Crippen LogP contribution in [0.25, 0.3) is 22.3 Å². The highest BCUT2D eigenvalue weighted by Gasteiger charge is 2.49. The number of nitriles is 2. The second-order valence-corrected chi connectivity index (χ2v) is 18.5. The SMILES string of the molecule is CCCCCCOc1ccc(-c2ccc(C(CC3(C#N)CCCC(C)C3)C(Cc3ccc(-c4ccc(OCCCCC)cc4)cc3)C3(C#N)CCCC(C)C3)cc2)cc1. The highest BCUT2D eigenvalue weighted by atomic mass is 16.5. The highest BCUT2D eigenvalue weighted by molar-refractivity contribution is 5.65. The van der Waals surface area contributed by atoms with Crippen molar-refractivity contribution in [2.24, 2.45) is 28.6 Å². The average Bonchev–Trinajstić information content (AvgIpc) is 3.27. The van der Waals surface area contributed by atoms with Gasteiger partial charge in [0.25, 0.3) is 0 Å². The second kappa shape index (κ2) is 21.6. The molecule has 312 valence electrons. The van der Waals surface area contributed by atoms with Crippen molar-refractivity contribution >= 4 is 0 Å². The predicted octanol–water partition coefficient (Wildman–Crippen LogP) is 15.3. The molecule has 0 aliphatic heterocycles. The normalized spacial score (nSPS) is 22.7. The summed E-state index contributed by atoms with van der Waals surface area (Å²) in [5.41, 5.74) is 6.37. The summed E-state index contributed by atoms with van der Waals surface area (Å²) >= 11 is 0. The summed E-state index contributed by atoms with van der Waals surface area (Å²) in [6.07, 6.45) is 18.1. The molecule has 0 saturated heterocycles. The lowest BCUT2D eigenvalue weighted by molar-refractivity contribution is 0.0829. The molecule has 4 aromatic carbocycles. The van der Waals surface area contributed by atoms with Gasteiger partial charge in [0, 0.05) is 0 Å². The zero-order valence-corrected chi connectivity index (χ0v) is 36.7. The fraction of sp³-hybridized carbons (Fsp3) is 0.527. The Labute approximate surface area is 357 Å². The third kappa shape index (κ3) is 11.8. The number of unbranched alkanes of at least 4 members (excludes halogenated alkanes) is 5. The monoisotopic (exact) mass is 791 g/mol. The van der Waals surface area contributed by atoms with Gasteiger partial charge < -0.3 is 9.47 Å². The number of rotatable bonds is 20. The number of ether oxygens (including phenoxy) is 2. The number of hydrogen-bond acceptors (Lipinski definition) is 4. The Morgan fingerprint density at radius 2 is 1.08 bits per heavy atom. The maximum Gasteiger partial charge on any atom is 0.119 e. The van der Waals surface area contributed by atoms with E-state index in [4.69, 9.17) is 9.47 Å². The molecule has 4 aromatic rings. The van der Waals surface area contributed by atoms with Gasteiger partial charge in [-0.15, -0.1) is 0 Å². The summed E-state index contributed by atoms with van der Waals surface area (Å²) in [5.74, 6) is 3.02. The van der Waals surface area contributed by atoms with Crippen molar-refractivity contribution in [3.05, 3.63) is 108 Å². The first-order valence-electron chi connectivity index (χ1n) is 23.3. The van der Waals surface area contributed by atoms with E-state index in [9.17, 15) is 10.5 Å². The van der Waals surface area contributed by atoms with Gasteiger partial charge >= 0.3 is 0 Å². The summed E-state index contributed by atoms with van der Waals surface area (Å²) in [5, 5.41) is 22.3. The van der Waals surface area contributed by atoms with Crippen LogP contribution in [-0.2, 0) is 6.42 Å². The maximum absolute atomic E-state index is 11.3. The minimum absolute atomic E-state index is 0.0759. The molecule has 2 fully saturated rings. The van der Waals surface area contributed by atoms with Crippen LogP contribution >= 0.6 is 0 Å². The van der Waals surface area contributed by atoms with Gasteiger partial charge in [-0.2, -0.15) is 10.5 Å². The van der Waals surface area contributed by atoms with E-state index in [1.165, 1.54) is 78.3 Å². The average molecular weight is 791 g/mol. The smallest absolute Gasteiger partial charge is 0.119 e. The Morgan fingerprint density at radius 3 is 1.59 bits per heavy atom. The van der Waals surface area contributed by atoms with Crippen LogP contribution in [0.1, 0.15) is 147 Å². The Bertz CT molecular complexity index is 1940. The summed E-state index contributed by atoms with van der Waals surface area (Å²) in [6, 6.07) is 41.2. The molecule has 4 nitrogen and oxygen atoms in total. The standard InChI is InChI=1S/C55H70N2O2/c1-5-7-9-11-35-59-51-30-26-48(27-31-51)46-20-22-49(23-21-46)52(39-54(40-56)32-12-14-42(3)37-54)53(55(41-57)33-13-15-43(4)38-55)36-44-16-18-45(19-17-44)47-24-28-50(29-25-47)58-34-10-8-6-2/h16-31,42-43,52-53H,5-15,32-39H2,1-4H3. The first-order valence-corrected chi connectivity index (χ1v) is 23.3. The van der Waals surface area contributed by atoms with E-state index >= 15 is 0 Å². The third-order valence-corrected chi connectivity index (χ3v) is 13.8. The van der Waals surface area contributed by atoms with Gasteiger partial charge in [-0.1, -0.05) is 158 Å². The van der Waals surface area contributed by atoms with Crippen LogP contribution in [0.4, 0.5) is 0 Å². The van der Waals surface area contributed by atoms with Crippen molar-refractivity contribution in [1.82, 2.24) is 0 Å². The first kappa shape index (κ1) is 44.0. The molecule has 6 rings (SSSR count). The minimum atomic E-state index is -0.462. The van der Waals surface area contributed by atoms with Crippen LogP contribution in [0.5, 0.6) is 11.5 Å². The van der Waals surface area contributed by atoms with Crippen LogP contribution < -0.4 is 9.47 Å². The molecule has 0 aromatic heterocycles. The molecule has 2 aliphatic rings. The van der Waals surface area contributed by atoms with E-state index in [0.717, 1.165) is 88.9 Å². The maximum atomic E-state index is 11.3. The molecular weight excluding hydrogens is 721 g/mol. The fourth-order valence-electron chi connectivity index (χ4n) is 10.5. The van der Waals surface area contributed by atoms with E-state index in [1.54, 1.807) is 0 Å². The first-order chi connectivity index (χ1) is 28.8. The van der Waals surface area contributed by atoms with Gasteiger partial charge in [0.2, 0.25) is 0 Å². The summed E-state index contributed by atoms with van der Waals surface area (Å²) in [7, 11) is 0. The molecule has 0 heterocycles. The Hall–Kier alpha value is -4.54. The van der Waals surface area contributed by atoms with Crippen LogP contribution in [0.3, 0.4) is 0 Å². The third-order valence-electron chi connectivity index (χ3n) is 13.8. The van der Waals surface area contributed by atoms with E-state index in [1.807, 2.05) is 0 Å². The molecule has 0 spiro atoms. The number of nitrogens with zero attached hydrogens (tertiary/aromatic N) is 2. The summed E-state index contributed by atoms with van der Waals surface area (Å²) in [4.78, 5) is 0. The molecule has 6 unspecified atom stereocenters. The van der Waals surface area contributed by atoms with Crippen molar-refractivity contribution in [2.75, 3.05) is 13.2 Å². The lowest BCUT2D eigenvalue weighted by Crippen LogP contribution is -2.41. The quantitative estimate of drug-likeness (QED) is 0.0836. The Morgan fingerprint density at radius 1 is 0.593 bits per heavy atom. The molecule has 2 aliphatic carbocycles. The molecule has 0 radical (unpaired) electrons. The zero-order valence-electron chi connectivity index (χ0n) is 36.7. The highest BCUT2D eigenvalue weighted by Crippen LogP contribution is 2.55. The molecule has 0 bridgehead atoms. The Balaban J connectivity index is 1.30. The second-order valence-electron chi connectivity index (χ2n) is 18.5. The van der Waals surface area contributed by atoms with E-state index < -0.39 is 10.8 Å². The Kier molecular flexibility index (Phi) is 16.1. The van der Waals surface area contributed by atoms with Crippen molar-refractivity contribution in [2.45, 2.75) is 143 Å². The van der Waals surface area contributed by atoms with Gasteiger partial charge in [-0.3, -0.25) is 0 Å². The van der Waals surface area contributed by atoms with Crippen LogP contribution in [-0.4, -0.2) is 13.2 Å². The van der Waals surface area contributed by atoms with E-state index in [0.29, 0.717) is 11.8 Å². The fourth-order valence-corrected chi connectivity index (χ4v) is 10.5. The molecule has 6 atom stereocenters. The largest absolute Gasteiger partial charge is 0.494 e. The van der Waals surface area contributed by atoms with Gasteiger partial charge in [0.05, 0.1) is 36.2 Å². The summed E-state index contributed by atoms with van der Waals surface area (Å²) in [6.45, 7) is 10.6. The number of hydrogen-bond donors (Lipinski definition) is 0. The molecule has 4 heteroatoms. The van der Waals surface area contributed by atoms with Crippen molar-refractivity contribution < 1.29 is 9.47 Å². The summed E-state index contributed by atoms with van der Waals surface area (Å²) < 4.78 is 12.0. The zero-order chi connectivity index (χ0) is 41.5. The van der Waals surface area contributed by atoms with Crippen LogP contribution in [0.15, 0.2) is 97.1 Å². The molecule has 59 heavy (non-hydrogen) atoms. The van der Waals surface area contributed by atoms with Gasteiger partial charge in [0.1, 0.15) is 11.5 Å². The van der Waals surface area contributed by atoms with E-state index in [-0.39, 0.29) is 11.8 Å². The molecule has 0 amide bonds. The van der Waals surface area contributed by atoms with Gasteiger partial charge in [-0.25, -0.2) is 0 Å². The van der Waals surface area contributed by atoms with E-state index in [2.05, 4.69) is 137 Å². The predicted molar refractivity (Wildman–Crippen MR) is 244 cm³/mol. The molecule has 2 saturated carbocycles. The van der Waals surface area contributed by atoms with Crippen LogP contribution in [0.2, 0.25) is 0 Å². The number of benzene rings is 4. The lowest BCUT2D eigenvalue weighted by Gasteiger charge is -2.47. The van der Waals surface area contributed by atoms with Crippen LogP contribution in [0, 0.1) is 51.2 Å². The molecule has 0 N–H and O–H groups in total. The van der Waals surface area contributed by atoms with Gasteiger partial charge in [-0.05, 0) is 133 Å². The molecular formula is C55H70N2O2. The van der Waals surface area contributed by atoms with Crippen molar-refractivity contribution in [1.29, 1.82) is 10.5 Å². The lowest BCUT2D eigenvalue weighted by atomic mass is 9.55. The van der Waals surface area contributed by atoms with Crippen molar-refractivity contribution in [3.63, 3.8) is 0 Å².